The molecule has 0 aliphatic heterocycles. The second-order valence-electron chi connectivity index (χ2n) is 2.43. The highest BCUT2D eigenvalue weighted by Gasteiger charge is 2.13. The highest BCUT2D eigenvalue weighted by atomic mass is 79.9. The average Bonchev–Trinajstić information content (AvgIpc) is 2.17. The van der Waals surface area contributed by atoms with E-state index < -0.39 is 5.97 Å². The molecule has 0 aliphatic carbocycles. The van der Waals surface area contributed by atoms with Gasteiger partial charge in [0.1, 0.15) is 15.9 Å². The van der Waals surface area contributed by atoms with Gasteiger partial charge in [0.05, 0.1) is 13.7 Å². The Morgan fingerprint density at radius 2 is 2.36 bits per heavy atom. The number of nitrogens with zero attached hydrogens (tertiary/aromatic N) is 1. The first-order valence-electron chi connectivity index (χ1n) is 4.05. The number of hydrogen-bond donors (Lipinski definition) is 0. The van der Waals surface area contributed by atoms with Crippen molar-refractivity contribution in [3.05, 3.63) is 22.4 Å². The number of carbonyl (C=O) groups excluding carboxylic acids is 1. The molecule has 0 amide bonds. The third-order valence-corrected chi connectivity index (χ3v) is 1.98. The van der Waals surface area contributed by atoms with E-state index >= 15 is 0 Å². The summed E-state index contributed by atoms with van der Waals surface area (Å²) in [5.41, 5.74) is 0.331. The molecule has 14 heavy (non-hydrogen) atoms. The van der Waals surface area contributed by atoms with Crippen molar-refractivity contribution in [3.63, 3.8) is 0 Å². The zero-order valence-corrected chi connectivity index (χ0v) is 9.50. The first-order valence-corrected chi connectivity index (χ1v) is 4.85. The summed E-state index contributed by atoms with van der Waals surface area (Å²) >= 11 is 3.18. The molecule has 1 heterocycles. The predicted molar refractivity (Wildman–Crippen MR) is 54.4 cm³/mol. The summed E-state index contributed by atoms with van der Waals surface area (Å²) in [6, 6.07) is 1.62. The molecule has 0 N–H and O–H groups in total. The molecule has 1 rings (SSSR count). The maximum atomic E-state index is 11.4. The molecule has 0 saturated heterocycles. The number of carbonyl (C=O) groups is 1. The topological polar surface area (TPSA) is 48.4 Å². The molecular formula is C9H10BrNO3. The smallest absolute Gasteiger partial charge is 0.343 e. The van der Waals surface area contributed by atoms with E-state index in [1.807, 2.05) is 0 Å². The van der Waals surface area contributed by atoms with Crippen molar-refractivity contribution >= 4 is 21.9 Å². The van der Waals surface area contributed by atoms with Gasteiger partial charge in [-0.25, -0.2) is 9.78 Å². The van der Waals surface area contributed by atoms with Gasteiger partial charge in [-0.15, -0.1) is 0 Å². The Bertz CT molecular complexity index is 341. The quantitative estimate of drug-likeness (QED) is 0.616. The van der Waals surface area contributed by atoms with Crippen LogP contribution < -0.4 is 4.74 Å². The fourth-order valence-corrected chi connectivity index (χ4v) is 1.25. The van der Waals surface area contributed by atoms with E-state index in [-0.39, 0.29) is 0 Å². The molecular weight excluding hydrogens is 250 g/mol. The lowest BCUT2D eigenvalue weighted by atomic mass is 10.2. The number of hydrogen-bond acceptors (Lipinski definition) is 4. The predicted octanol–water partition coefficient (Wildman–Crippen LogP) is 2.03. The zero-order chi connectivity index (χ0) is 10.6. The Balaban J connectivity index is 3.01. The van der Waals surface area contributed by atoms with Gasteiger partial charge in [0.25, 0.3) is 0 Å². The van der Waals surface area contributed by atoms with Crippen LogP contribution in [0.15, 0.2) is 16.9 Å². The number of pyridine rings is 1. The van der Waals surface area contributed by atoms with Crippen molar-refractivity contribution in [2.24, 2.45) is 0 Å². The molecule has 0 aromatic carbocycles. The number of esters is 1. The third-order valence-electron chi connectivity index (χ3n) is 1.55. The molecule has 4 nitrogen and oxygen atoms in total. The fraction of sp³-hybridized carbons (Fsp3) is 0.333. The van der Waals surface area contributed by atoms with Gasteiger partial charge in [-0.2, -0.15) is 0 Å². The summed E-state index contributed by atoms with van der Waals surface area (Å²) in [7, 11) is 1.49. The van der Waals surface area contributed by atoms with Crippen molar-refractivity contribution in [1.82, 2.24) is 4.98 Å². The van der Waals surface area contributed by atoms with Crippen LogP contribution >= 0.6 is 15.9 Å². The summed E-state index contributed by atoms with van der Waals surface area (Å²) in [4.78, 5) is 15.3. The number of ether oxygens (including phenoxy) is 2. The largest absolute Gasteiger partial charge is 0.496 e. The Hall–Kier alpha value is -1.10. The molecule has 0 unspecified atom stereocenters. The second kappa shape index (κ2) is 4.95. The van der Waals surface area contributed by atoms with Crippen LogP contribution in [-0.4, -0.2) is 24.7 Å². The summed E-state index contributed by atoms with van der Waals surface area (Å²) in [6.45, 7) is 2.08. The van der Waals surface area contributed by atoms with Gasteiger partial charge < -0.3 is 9.47 Å². The second-order valence-corrected chi connectivity index (χ2v) is 3.24. The molecule has 0 aliphatic rings. The summed E-state index contributed by atoms with van der Waals surface area (Å²) in [6.07, 6.45) is 1.42. The molecule has 0 atom stereocenters. The minimum Gasteiger partial charge on any atom is -0.496 e. The summed E-state index contributed by atoms with van der Waals surface area (Å²) < 4.78 is 10.5. The monoisotopic (exact) mass is 259 g/mol. The van der Waals surface area contributed by atoms with Gasteiger partial charge >= 0.3 is 5.97 Å². The molecule has 0 fully saturated rings. The van der Waals surface area contributed by atoms with E-state index in [4.69, 9.17) is 9.47 Å². The van der Waals surface area contributed by atoms with Crippen LogP contribution in [0.5, 0.6) is 5.75 Å². The number of rotatable bonds is 3. The van der Waals surface area contributed by atoms with E-state index in [2.05, 4.69) is 20.9 Å². The number of aromatic nitrogens is 1. The maximum absolute atomic E-state index is 11.4. The van der Waals surface area contributed by atoms with Crippen molar-refractivity contribution in [2.45, 2.75) is 6.92 Å². The van der Waals surface area contributed by atoms with Gasteiger partial charge in [0, 0.05) is 12.3 Å². The normalized spacial score (nSPS) is 9.64. The van der Waals surface area contributed by atoms with Crippen LogP contribution in [0.2, 0.25) is 0 Å². The van der Waals surface area contributed by atoms with Gasteiger partial charge in [0.15, 0.2) is 0 Å². The molecule has 76 valence electrons. The van der Waals surface area contributed by atoms with Gasteiger partial charge in [0.2, 0.25) is 0 Å². The minimum absolute atomic E-state index is 0.331. The van der Waals surface area contributed by atoms with Crippen LogP contribution in [0.4, 0.5) is 0 Å². The fourth-order valence-electron chi connectivity index (χ4n) is 0.944. The highest BCUT2D eigenvalue weighted by Crippen LogP contribution is 2.21. The molecule has 0 radical (unpaired) electrons. The Kier molecular flexibility index (Phi) is 3.88. The van der Waals surface area contributed by atoms with Crippen LogP contribution in [0.1, 0.15) is 17.3 Å². The van der Waals surface area contributed by atoms with Gasteiger partial charge in [-0.3, -0.25) is 0 Å². The standard InChI is InChI=1S/C9H10BrNO3/c1-3-14-9(12)6-5-11-8(10)4-7(6)13-2/h4-5H,3H2,1-2H3. The lowest BCUT2D eigenvalue weighted by molar-refractivity contribution is 0.0522. The van der Waals surface area contributed by atoms with Crippen molar-refractivity contribution in [2.75, 3.05) is 13.7 Å². The van der Waals surface area contributed by atoms with E-state index in [9.17, 15) is 4.79 Å². The van der Waals surface area contributed by atoms with Gasteiger partial charge in [-0.05, 0) is 22.9 Å². The van der Waals surface area contributed by atoms with Crippen LogP contribution in [0.3, 0.4) is 0 Å². The number of methoxy groups -OCH3 is 1. The molecule has 0 saturated carbocycles. The lowest BCUT2D eigenvalue weighted by Crippen LogP contribution is -2.07. The Labute approximate surface area is 90.4 Å². The molecule has 5 heteroatoms. The molecule has 0 spiro atoms. The molecule has 1 aromatic heterocycles. The zero-order valence-electron chi connectivity index (χ0n) is 7.91. The highest BCUT2D eigenvalue weighted by molar-refractivity contribution is 9.10. The summed E-state index contributed by atoms with van der Waals surface area (Å²) in [5, 5.41) is 0. The Morgan fingerprint density at radius 1 is 1.64 bits per heavy atom. The van der Waals surface area contributed by atoms with E-state index in [1.54, 1.807) is 13.0 Å². The van der Waals surface area contributed by atoms with Crippen molar-refractivity contribution in [1.29, 1.82) is 0 Å². The first-order chi connectivity index (χ1) is 6.69. The van der Waals surface area contributed by atoms with Gasteiger partial charge in [-0.1, -0.05) is 0 Å². The first kappa shape index (κ1) is 11.0. The van der Waals surface area contributed by atoms with E-state index in [0.29, 0.717) is 22.5 Å². The lowest BCUT2D eigenvalue weighted by Gasteiger charge is -2.06. The average molecular weight is 260 g/mol. The Morgan fingerprint density at radius 3 is 2.93 bits per heavy atom. The summed E-state index contributed by atoms with van der Waals surface area (Å²) in [5.74, 6) is 0.0228. The van der Waals surface area contributed by atoms with Crippen molar-refractivity contribution < 1.29 is 14.3 Å². The SMILES string of the molecule is CCOC(=O)c1cnc(Br)cc1OC. The van der Waals surface area contributed by atoms with Crippen LogP contribution in [0.25, 0.3) is 0 Å². The minimum atomic E-state index is -0.427. The van der Waals surface area contributed by atoms with Crippen LogP contribution in [0, 0.1) is 0 Å². The van der Waals surface area contributed by atoms with E-state index in [0.717, 1.165) is 0 Å². The molecule has 1 aromatic rings. The van der Waals surface area contributed by atoms with Crippen LogP contribution in [-0.2, 0) is 4.74 Å². The molecule has 0 bridgehead atoms. The third kappa shape index (κ3) is 2.45. The van der Waals surface area contributed by atoms with E-state index in [1.165, 1.54) is 13.3 Å². The number of halogens is 1. The van der Waals surface area contributed by atoms with Crippen molar-refractivity contribution in [3.8, 4) is 5.75 Å². The maximum Gasteiger partial charge on any atom is 0.343 e.